The maximum atomic E-state index is 12.0. The molecular weight excluding hydrogens is 254 g/mol. The highest BCUT2D eigenvalue weighted by atomic mass is 16.2. The van der Waals surface area contributed by atoms with Gasteiger partial charge in [0.05, 0.1) is 0 Å². The van der Waals surface area contributed by atoms with Gasteiger partial charge in [-0.3, -0.25) is 9.59 Å². The van der Waals surface area contributed by atoms with E-state index in [1.165, 1.54) is 0 Å². The molecule has 5 heteroatoms. The van der Waals surface area contributed by atoms with E-state index in [1.807, 2.05) is 18.2 Å². The van der Waals surface area contributed by atoms with Gasteiger partial charge in [0.1, 0.15) is 6.04 Å². The molecule has 0 fully saturated rings. The summed E-state index contributed by atoms with van der Waals surface area (Å²) >= 11 is 0. The third kappa shape index (κ3) is 3.21. The SMILES string of the molecule is NC(=O)c1ccc(NC(=O)[C@@H](N)c2ccccc2)cc1. The summed E-state index contributed by atoms with van der Waals surface area (Å²) < 4.78 is 0. The zero-order valence-corrected chi connectivity index (χ0v) is 10.7. The molecule has 0 aliphatic heterocycles. The van der Waals surface area contributed by atoms with Crippen molar-refractivity contribution in [2.75, 3.05) is 5.32 Å². The van der Waals surface area contributed by atoms with Gasteiger partial charge in [0.15, 0.2) is 0 Å². The summed E-state index contributed by atoms with van der Waals surface area (Å²) in [6.45, 7) is 0. The molecule has 0 aliphatic carbocycles. The number of carbonyl (C=O) groups is 2. The maximum absolute atomic E-state index is 12.0. The van der Waals surface area contributed by atoms with Crippen molar-refractivity contribution in [3.8, 4) is 0 Å². The first-order chi connectivity index (χ1) is 9.58. The first-order valence-electron chi connectivity index (χ1n) is 6.09. The van der Waals surface area contributed by atoms with Gasteiger partial charge in [0.25, 0.3) is 0 Å². The van der Waals surface area contributed by atoms with Crippen LogP contribution in [0, 0.1) is 0 Å². The lowest BCUT2D eigenvalue weighted by atomic mass is 10.1. The predicted octanol–water partition coefficient (Wildman–Crippen LogP) is 1.42. The van der Waals surface area contributed by atoms with E-state index in [0.717, 1.165) is 5.56 Å². The van der Waals surface area contributed by atoms with E-state index in [0.29, 0.717) is 11.3 Å². The Hall–Kier alpha value is -2.66. The topological polar surface area (TPSA) is 98.2 Å². The normalized spacial score (nSPS) is 11.7. The summed E-state index contributed by atoms with van der Waals surface area (Å²) in [5, 5.41) is 2.69. The molecule has 0 heterocycles. The molecule has 5 nitrogen and oxygen atoms in total. The molecule has 2 rings (SSSR count). The van der Waals surface area contributed by atoms with Crippen LogP contribution in [0.2, 0.25) is 0 Å². The van der Waals surface area contributed by atoms with Crippen molar-refractivity contribution in [2.45, 2.75) is 6.04 Å². The molecular formula is C15H15N3O2. The van der Waals surface area contributed by atoms with E-state index >= 15 is 0 Å². The molecule has 2 aromatic carbocycles. The van der Waals surface area contributed by atoms with Crippen molar-refractivity contribution in [3.05, 3.63) is 65.7 Å². The van der Waals surface area contributed by atoms with Gasteiger partial charge >= 0.3 is 0 Å². The second-order valence-electron chi connectivity index (χ2n) is 4.32. The van der Waals surface area contributed by atoms with Crippen molar-refractivity contribution in [3.63, 3.8) is 0 Å². The number of rotatable bonds is 4. The Morgan fingerprint density at radius 2 is 1.55 bits per heavy atom. The van der Waals surface area contributed by atoms with E-state index < -0.39 is 11.9 Å². The van der Waals surface area contributed by atoms with Crippen LogP contribution in [0.1, 0.15) is 22.0 Å². The van der Waals surface area contributed by atoms with Crippen molar-refractivity contribution in [1.29, 1.82) is 0 Å². The highest BCUT2D eigenvalue weighted by Crippen LogP contribution is 2.14. The monoisotopic (exact) mass is 269 g/mol. The van der Waals surface area contributed by atoms with E-state index in [-0.39, 0.29) is 5.91 Å². The number of benzene rings is 2. The minimum absolute atomic E-state index is 0.317. The summed E-state index contributed by atoms with van der Waals surface area (Å²) in [4.78, 5) is 22.9. The number of nitrogens with two attached hydrogens (primary N) is 2. The average Bonchev–Trinajstić information content (AvgIpc) is 2.48. The van der Waals surface area contributed by atoms with Crippen LogP contribution in [0.15, 0.2) is 54.6 Å². The van der Waals surface area contributed by atoms with Gasteiger partial charge in [-0.25, -0.2) is 0 Å². The Balaban J connectivity index is 2.06. The first-order valence-corrected chi connectivity index (χ1v) is 6.09. The number of primary amides is 1. The fraction of sp³-hybridized carbons (Fsp3) is 0.0667. The van der Waals surface area contributed by atoms with Crippen molar-refractivity contribution in [1.82, 2.24) is 0 Å². The number of hydrogen-bond donors (Lipinski definition) is 3. The van der Waals surface area contributed by atoms with Crippen LogP contribution >= 0.6 is 0 Å². The predicted molar refractivity (Wildman–Crippen MR) is 77.0 cm³/mol. The highest BCUT2D eigenvalue weighted by Gasteiger charge is 2.15. The number of carbonyl (C=O) groups excluding carboxylic acids is 2. The van der Waals surface area contributed by atoms with Gasteiger partial charge in [-0.05, 0) is 29.8 Å². The lowest BCUT2D eigenvalue weighted by molar-refractivity contribution is -0.117. The van der Waals surface area contributed by atoms with Crippen LogP contribution in [-0.4, -0.2) is 11.8 Å². The van der Waals surface area contributed by atoms with E-state index in [9.17, 15) is 9.59 Å². The van der Waals surface area contributed by atoms with Crippen LogP contribution in [0.25, 0.3) is 0 Å². The standard InChI is InChI=1S/C15H15N3O2/c16-13(10-4-2-1-3-5-10)15(20)18-12-8-6-11(7-9-12)14(17)19/h1-9,13H,16H2,(H2,17,19)(H,18,20)/t13-/m0/s1. The minimum Gasteiger partial charge on any atom is -0.366 e. The van der Waals surface area contributed by atoms with Crippen LogP contribution in [0.4, 0.5) is 5.69 Å². The van der Waals surface area contributed by atoms with Gasteiger partial charge < -0.3 is 16.8 Å². The molecule has 1 atom stereocenters. The number of anilines is 1. The molecule has 2 amide bonds. The van der Waals surface area contributed by atoms with Gasteiger partial charge in [-0.1, -0.05) is 30.3 Å². The molecule has 0 bridgehead atoms. The lowest BCUT2D eigenvalue weighted by Gasteiger charge is -2.12. The summed E-state index contributed by atoms with van der Waals surface area (Å²) in [6.07, 6.45) is 0. The average molecular weight is 269 g/mol. The smallest absolute Gasteiger partial charge is 0.248 e. The third-order valence-corrected chi connectivity index (χ3v) is 2.88. The van der Waals surface area contributed by atoms with E-state index in [2.05, 4.69) is 5.32 Å². The van der Waals surface area contributed by atoms with Crippen molar-refractivity contribution >= 4 is 17.5 Å². The Labute approximate surface area is 116 Å². The number of hydrogen-bond acceptors (Lipinski definition) is 3. The molecule has 102 valence electrons. The Morgan fingerprint density at radius 1 is 0.950 bits per heavy atom. The van der Waals surface area contributed by atoms with Crippen LogP contribution in [0.3, 0.4) is 0 Å². The lowest BCUT2D eigenvalue weighted by Crippen LogP contribution is -2.27. The minimum atomic E-state index is -0.744. The summed E-state index contributed by atoms with van der Waals surface area (Å²) in [5.41, 5.74) is 12.7. The molecule has 0 saturated heterocycles. The molecule has 0 aliphatic rings. The molecule has 20 heavy (non-hydrogen) atoms. The summed E-state index contributed by atoms with van der Waals surface area (Å²) in [6, 6.07) is 14.7. The zero-order chi connectivity index (χ0) is 14.5. The summed E-state index contributed by atoms with van der Waals surface area (Å²) in [7, 11) is 0. The molecule has 2 aromatic rings. The van der Waals surface area contributed by atoms with Crippen LogP contribution < -0.4 is 16.8 Å². The quantitative estimate of drug-likeness (QED) is 0.782. The Morgan fingerprint density at radius 3 is 2.10 bits per heavy atom. The molecule has 0 saturated carbocycles. The maximum Gasteiger partial charge on any atom is 0.248 e. The van der Waals surface area contributed by atoms with Crippen LogP contribution in [0.5, 0.6) is 0 Å². The molecule has 0 aromatic heterocycles. The first kappa shape index (κ1) is 13.8. The largest absolute Gasteiger partial charge is 0.366 e. The second kappa shape index (κ2) is 5.99. The molecule has 0 unspecified atom stereocenters. The number of nitrogens with one attached hydrogen (secondary N) is 1. The van der Waals surface area contributed by atoms with E-state index in [1.54, 1.807) is 36.4 Å². The highest BCUT2D eigenvalue weighted by molar-refractivity contribution is 5.96. The fourth-order valence-electron chi connectivity index (χ4n) is 1.75. The number of amides is 2. The summed E-state index contributed by atoms with van der Waals surface area (Å²) in [5.74, 6) is -0.827. The third-order valence-electron chi connectivity index (χ3n) is 2.88. The zero-order valence-electron chi connectivity index (χ0n) is 10.7. The molecule has 5 N–H and O–H groups in total. The Kier molecular flexibility index (Phi) is 4.12. The van der Waals surface area contributed by atoms with Crippen molar-refractivity contribution < 1.29 is 9.59 Å². The Bertz CT molecular complexity index is 609. The second-order valence-corrected chi connectivity index (χ2v) is 4.32. The van der Waals surface area contributed by atoms with Gasteiger partial charge in [-0.15, -0.1) is 0 Å². The molecule has 0 spiro atoms. The fourth-order valence-corrected chi connectivity index (χ4v) is 1.75. The van der Waals surface area contributed by atoms with E-state index in [4.69, 9.17) is 11.5 Å². The van der Waals surface area contributed by atoms with Gasteiger partial charge in [0, 0.05) is 11.3 Å². The van der Waals surface area contributed by atoms with Crippen LogP contribution in [-0.2, 0) is 4.79 Å². The molecule has 0 radical (unpaired) electrons. The van der Waals surface area contributed by atoms with Crippen molar-refractivity contribution in [2.24, 2.45) is 11.5 Å². The van der Waals surface area contributed by atoms with Gasteiger partial charge in [0.2, 0.25) is 11.8 Å². The van der Waals surface area contributed by atoms with Gasteiger partial charge in [-0.2, -0.15) is 0 Å².